The molecule has 16 heavy (non-hydrogen) atoms. The summed E-state index contributed by atoms with van der Waals surface area (Å²) in [4.78, 5) is 10.7. The van der Waals surface area contributed by atoms with E-state index in [-0.39, 0.29) is 10.9 Å². The molecule has 0 atom stereocenters. The van der Waals surface area contributed by atoms with Crippen LogP contribution in [0.15, 0.2) is 24.3 Å². The number of methoxy groups -OCH3 is 1. The zero-order valence-electron chi connectivity index (χ0n) is 9.20. The molecule has 0 heterocycles. The van der Waals surface area contributed by atoms with Gasteiger partial charge in [0, 0.05) is 18.2 Å². The predicted molar refractivity (Wildman–Crippen MR) is 65.1 cm³/mol. The normalized spacial score (nSPS) is 10.7. The van der Waals surface area contributed by atoms with Gasteiger partial charge in [-0.1, -0.05) is 23.9 Å². The quantitative estimate of drug-likeness (QED) is 0.808. The van der Waals surface area contributed by atoms with Crippen molar-refractivity contribution >= 4 is 23.0 Å². The van der Waals surface area contributed by atoms with E-state index in [2.05, 4.69) is 0 Å². The first-order chi connectivity index (χ1) is 7.63. The summed E-state index contributed by atoms with van der Waals surface area (Å²) in [5.41, 5.74) is 0.462. The fraction of sp³-hybridized carbons (Fsp3) is 0.250. The van der Waals surface area contributed by atoms with Crippen molar-refractivity contribution in [1.82, 2.24) is 0 Å². The molecule has 0 aromatic heterocycles. The molecule has 0 bridgehead atoms. The molecular weight excluding hydrogens is 227 g/mol. The van der Waals surface area contributed by atoms with E-state index >= 15 is 0 Å². The minimum absolute atomic E-state index is 0.0516. The van der Waals surface area contributed by atoms with Crippen molar-refractivity contribution in [2.75, 3.05) is 12.9 Å². The van der Waals surface area contributed by atoms with Crippen molar-refractivity contribution in [2.45, 2.75) is 6.92 Å². The van der Waals surface area contributed by atoms with Crippen LogP contribution in [-0.2, 0) is 4.79 Å². The van der Waals surface area contributed by atoms with Gasteiger partial charge in [0.1, 0.15) is 11.6 Å². The number of halogens is 1. The Hall–Kier alpha value is -1.29. The topological polar surface area (TPSA) is 26.3 Å². The van der Waals surface area contributed by atoms with Crippen LogP contribution < -0.4 is 4.74 Å². The highest BCUT2D eigenvalue weighted by Crippen LogP contribution is 2.18. The average Bonchev–Trinajstić information content (AvgIpc) is 2.26. The molecule has 1 rings (SSSR count). The van der Waals surface area contributed by atoms with Crippen molar-refractivity contribution < 1.29 is 13.9 Å². The molecule has 0 amide bonds. The first-order valence-corrected chi connectivity index (χ1v) is 5.75. The van der Waals surface area contributed by atoms with Crippen molar-refractivity contribution in [1.29, 1.82) is 0 Å². The van der Waals surface area contributed by atoms with Gasteiger partial charge >= 0.3 is 0 Å². The number of hydrogen-bond donors (Lipinski definition) is 0. The van der Waals surface area contributed by atoms with Gasteiger partial charge in [0.15, 0.2) is 5.12 Å². The molecule has 4 heteroatoms. The van der Waals surface area contributed by atoms with Crippen molar-refractivity contribution in [2.24, 2.45) is 0 Å². The van der Waals surface area contributed by atoms with Gasteiger partial charge < -0.3 is 4.74 Å². The number of benzene rings is 1. The molecule has 0 unspecified atom stereocenters. The van der Waals surface area contributed by atoms with Gasteiger partial charge in [-0.3, -0.25) is 4.79 Å². The van der Waals surface area contributed by atoms with Gasteiger partial charge in [0.05, 0.1) is 7.11 Å². The van der Waals surface area contributed by atoms with Crippen LogP contribution in [0.5, 0.6) is 5.75 Å². The molecule has 0 saturated carbocycles. The molecule has 2 nitrogen and oxygen atoms in total. The van der Waals surface area contributed by atoms with Gasteiger partial charge in [0.25, 0.3) is 0 Å². The monoisotopic (exact) mass is 240 g/mol. The Morgan fingerprint density at radius 1 is 1.56 bits per heavy atom. The third-order valence-corrected chi connectivity index (χ3v) is 2.65. The number of carbonyl (C=O) groups excluding carboxylic acids is 1. The number of rotatable bonds is 4. The maximum absolute atomic E-state index is 13.3. The molecular formula is C12H13FO2S. The molecule has 0 aliphatic carbocycles. The van der Waals surface area contributed by atoms with E-state index in [0.29, 0.717) is 17.1 Å². The summed E-state index contributed by atoms with van der Waals surface area (Å²) in [7, 11) is 1.53. The number of hydrogen-bond acceptors (Lipinski definition) is 3. The van der Waals surface area contributed by atoms with Crippen molar-refractivity contribution in [3.8, 4) is 5.75 Å². The van der Waals surface area contributed by atoms with Gasteiger partial charge in [0.2, 0.25) is 0 Å². The zero-order chi connectivity index (χ0) is 12.0. The second-order valence-corrected chi connectivity index (χ2v) is 4.29. The van der Waals surface area contributed by atoms with E-state index in [0.717, 1.165) is 0 Å². The Balaban J connectivity index is 2.68. The molecule has 1 aromatic rings. The van der Waals surface area contributed by atoms with Gasteiger partial charge in [-0.25, -0.2) is 4.39 Å². The molecule has 86 valence electrons. The fourth-order valence-corrected chi connectivity index (χ4v) is 1.54. The maximum Gasteiger partial charge on any atom is 0.186 e. The van der Waals surface area contributed by atoms with Crippen molar-refractivity contribution in [3.05, 3.63) is 35.7 Å². The smallest absolute Gasteiger partial charge is 0.186 e. The highest BCUT2D eigenvalue weighted by atomic mass is 32.2. The lowest BCUT2D eigenvalue weighted by Crippen LogP contribution is -1.87. The minimum Gasteiger partial charge on any atom is -0.497 e. The largest absolute Gasteiger partial charge is 0.497 e. The first kappa shape index (κ1) is 12.8. The molecule has 0 aliphatic rings. The molecule has 0 saturated heterocycles. The van der Waals surface area contributed by atoms with Gasteiger partial charge in [-0.15, -0.1) is 0 Å². The fourth-order valence-electron chi connectivity index (χ4n) is 1.12. The third-order valence-electron chi connectivity index (χ3n) is 1.88. The Labute approximate surface area is 98.5 Å². The predicted octanol–water partition coefficient (Wildman–Crippen LogP) is 3.13. The van der Waals surface area contributed by atoms with Crippen LogP contribution in [0.25, 0.3) is 6.08 Å². The number of thioether (sulfide) groups is 1. The summed E-state index contributed by atoms with van der Waals surface area (Å²) in [6, 6.07) is 4.54. The van der Waals surface area contributed by atoms with Crippen LogP contribution in [0.3, 0.4) is 0 Å². The molecule has 0 spiro atoms. The summed E-state index contributed by atoms with van der Waals surface area (Å²) < 4.78 is 18.3. The molecule has 0 fully saturated rings. The van der Waals surface area contributed by atoms with Gasteiger partial charge in [-0.05, 0) is 18.2 Å². The van der Waals surface area contributed by atoms with Crippen LogP contribution in [0.4, 0.5) is 4.39 Å². The summed E-state index contributed by atoms with van der Waals surface area (Å²) in [5.74, 6) is 0.858. The molecule has 0 radical (unpaired) electrons. The average molecular weight is 240 g/mol. The molecule has 1 aromatic carbocycles. The third kappa shape index (κ3) is 4.06. The highest BCUT2D eigenvalue weighted by molar-refractivity contribution is 8.13. The number of ether oxygens (including phenoxy) is 1. The Bertz CT molecular complexity index is 402. The molecule has 0 aliphatic heterocycles. The van der Waals surface area contributed by atoms with Crippen LogP contribution in [-0.4, -0.2) is 18.0 Å². The number of carbonyl (C=O) groups is 1. The standard InChI is InChI=1S/C12H13FO2S/c1-9(14)16-7-3-4-10-8-11(15-2)5-6-12(10)13/h3-6,8H,7H2,1-2H3. The van der Waals surface area contributed by atoms with E-state index in [4.69, 9.17) is 4.74 Å². The SMILES string of the molecule is COc1ccc(F)c(C=CCSC(C)=O)c1. The summed E-state index contributed by atoms with van der Waals surface area (Å²) in [5, 5.41) is 0.0516. The Kier molecular flexibility index (Phi) is 5.05. The van der Waals surface area contributed by atoms with E-state index in [1.807, 2.05) is 0 Å². The van der Waals surface area contributed by atoms with Crippen LogP contribution in [0, 0.1) is 5.82 Å². The highest BCUT2D eigenvalue weighted by Gasteiger charge is 2.00. The van der Waals surface area contributed by atoms with Crippen molar-refractivity contribution in [3.63, 3.8) is 0 Å². The van der Waals surface area contributed by atoms with E-state index in [1.54, 1.807) is 24.3 Å². The lowest BCUT2D eigenvalue weighted by Gasteiger charge is -2.01. The van der Waals surface area contributed by atoms with Crippen LogP contribution in [0.1, 0.15) is 12.5 Å². The summed E-state index contributed by atoms with van der Waals surface area (Å²) in [6.45, 7) is 1.50. The summed E-state index contributed by atoms with van der Waals surface area (Å²) >= 11 is 1.19. The zero-order valence-corrected chi connectivity index (χ0v) is 10.0. The maximum atomic E-state index is 13.3. The Morgan fingerprint density at radius 3 is 2.94 bits per heavy atom. The van der Waals surface area contributed by atoms with E-state index in [1.165, 1.54) is 31.9 Å². The van der Waals surface area contributed by atoms with Gasteiger partial charge in [-0.2, -0.15) is 0 Å². The second-order valence-electron chi connectivity index (χ2n) is 3.09. The van der Waals surface area contributed by atoms with Crippen LogP contribution in [0.2, 0.25) is 0 Å². The Morgan fingerprint density at radius 2 is 2.31 bits per heavy atom. The lowest BCUT2D eigenvalue weighted by atomic mass is 10.2. The van der Waals surface area contributed by atoms with E-state index < -0.39 is 0 Å². The van der Waals surface area contributed by atoms with E-state index in [9.17, 15) is 9.18 Å². The molecule has 0 N–H and O–H groups in total. The second kappa shape index (κ2) is 6.33. The lowest BCUT2D eigenvalue weighted by molar-refractivity contribution is -0.109. The summed E-state index contributed by atoms with van der Waals surface area (Å²) in [6.07, 6.45) is 3.40. The first-order valence-electron chi connectivity index (χ1n) is 4.77. The van der Waals surface area contributed by atoms with Crippen LogP contribution >= 0.6 is 11.8 Å². The minimum atomic E-state index is -0.301.